The van der Waals surface area contributed by atoms with Gasteiger partial charge in [0.05, 0.1) is 34.4 Å². The Hall–Kier alpha value is -1.51. The molecule has 2 fully saturated rings. The maximum Gasteiger partial charge on any atom is 0.253 e. The number of hydrogen-bond donors (Lipinski definition) is 0. The summed E-state index contributed by atoms with van der Waals surface area (Å²) in [6, 6.07) is 5.71. The Balaban J connectivity index is 1.45. The zero-order chi connectivity index (χ0) is 26.9. The first-order valence-electron chi connectivity index (χ1n) is 12.3. The Labute approximate surface area is 239 Å². The van der Waals surface area contributed by atoms with E-state index in [1.165, 1.54) is 21.7 Å². The largest absolute Gasteiger partial charge is 0.494 e. The van der Waals surface area contributed by atoms with Gasteiger partial charge in [-0.1, -0.05) is 34.5 Å². The van der Waals surface area contributed by atoms with E-state index in [2.05, 4.69) is 4.90 Å². The summed E-state index contributed by atoms with van der Waals surface area (Å²) in [6.07, 6.45) is 1.73. The number of thiophene rings is 1. The number of thiazole rings is 1. The van der Waals surface area contributed by atoms with Crippen LogP contribution in [0.5, 0.6) is 5.75 Å². The minimum absolute atomic E-state index is 0.137. The monoisotopic (exact) mass is 618 g/mol. The van der Waals surface area contributed by atoms with Gasteiger partial charge in [0, 0.05) is 32.7 Å². The van der Waals surface area contributed by atoms with Gasteiger partial charge >= 0.3 is 0 Å². The van der Waals surface area contributed by atoms with Crippen LogP contribution < -0.4 is 9.64 Å². The van der Waals surface area contributed by atoms with Crippen molar-refractivity contribution in [3.05, 3.63) is 33.6 Å². The highest BCUT2D eigenvalue weighted by Gasteiger charge is 2.42. The number of amides is 1. The van der Waals surface area contributed by atoms with Crippen molar-refractivity contribution in [2.45, 2.75) is 29.5 Å². The molecule has 0 saturated carbocycles. The summed E-state index contributed by atoms with van der Waals surface area (Å²) in [5.74, 6) is 0.275. The summed E-state index contributed by atoms with van der Waals surface area (Å²) in [5.41, 5.74) is 0.579. The predicted molar refractivity (Wildman–Crippen MR) is 152 cm³/mol. The second kappa shape index (κ2) is 11.9. The summed E-state index contributed by atoms with van der Waals surface area (Å²) < 4.78 is 40.4. The van der Waals surface area contributed by atoms with Crippen LogP contribution in [0.1, 0.15) is 19.3 Å². The number of benzene rings is 1. The van der Waals surface area contributed by atoms with Crippen LogP contribution >= 0.6 is 45.9 Å². The molecule has 0 N–H and O–H groups in total. The van der Waals surface area contributed by atoms with Crippen LogP contribution in [-0.4, -0.2) is 87.6 Å². The van der Waals surface area contributed by atoms with E-state index in [9.17, 15) is 13.2 Å². The van der Waals surface area contributed by atoms with E-state index in [1.54, 1.807) is 30.2 Å². The zero-order valence-corrected chi connectivity index (χ0v) is 24.7. The Morgan fingerprint density at radius 3 is 2.68 bits per heavy atom. The highest BCUT2D eigenvalue weighted by Crippen LogP contribution is 2.40. The van der Waals surface area contributed by atoms with Crippen molar-refractivity contribution >= 4 is 77.2 Å². The molecule has 206 valence electrons. The third-order valence-corrected chi connectivity index (χ3v) is 11.9. The molecule has 0 radical (unpaired) electrons. The summed E-state index contributed by atoms with van der Waals surface area (Å²) in [6.45, 7) is 4.55. The van der Waals surface area contributed by atoms with E-state index in [0.717, 1.165) is 35.7 Å². The number of anilines is 1. The number of morpholine rings is 1. The van der Waals surface area contributed by atoms with Crippen LogP contribution in [0, 0.1) is 0 Å². The number of hydrogen-bond acceptors (Lipinski definition) is 9. The lowest BCUT2D eigenvalue weighted by atomic mass is 10.2. The lowest BCUT2D eigenvalue weighted by Gasteiger charge is -2.30. The van der Waals surface area contributed by atoms with Gasteiger partial charge in [-0.2, -0.15) is 4.31 Å². The molecule has 1 unspecified atom stereocenters. The van der Waals surface area contributed by atoms with Gasteiger partial charge in [-0.25, -0.2) is 13.4 Å². The molecular formula is C24H28Cl2N4O5S3. The Morgan fingerprint density at radius 1 is 1.18 bits per heavy atom. The molecular weight excluding hydrogens is 591 g/mol. The lowest BCUT2D eigenvalue weighted by molar-refractivity contribution is -0.121. The van der Waals surface area contributed by atoms with E-state index in [-0.39, 0.29) is 16.7 Å². The van der Waals surface area contributed by atoms with Crippen LogP contribution in [0.25, 0.3) is 10.2 Å². The smallest absolute Gasteiger partial charge is 0.253 e. The molecule has 1 amide bonds. The number of aromatic nitrogens is 1. The van der Waals surface area contributed by atoms with E-state index in [1.807, 2.05) is 0 Å². The van der Waals surface area contributed by atoms with E-state index in [4.69, 9.17) is 37.7 Å². The zero-order valence-electron chi connectivity index (χ0n) is 20.8. The molecule has 14 heteroatoms. The fourth-order valence-electron chi connectivity index (χ4n) is 4.81. The molecule has 0 spiro atoms. The first-order chi connectivity index (χ1) is 18.3. The lowest BCUT2D eigenvalue weighted by Crippen LogP contribution is -2.48. The molecule has 1 atom stereocenters. The van der Waals surface area contributed by atoms with Crippen molar-refractivity contribution < 1.29 is 22.7 Å². The Kier molecular flexibility index (Phi) is 8.80. The number of sulfonamides is 1. The maximum absolute atomic E-state index is 14.1. The molecule has 9 nitrogen and oxygen atoms in total. The average Bonchev–Trinajstić information content (AvgIpc) is 3.67. The molecule has 2 aliphatic rings. The highest BCUT2D eigenvalue weighted by molar-refractivity contribution is 7.91. The number of ether oxygens (including phenoxy) is 2. The predicted octanol–water partition coefficient (Wildman–Crippen LogP) is 4.58. The van der Waals surface area contributed by atoms with Gasteiger partial charge in [-0.3, -0.25) is 14.6 Å². The van der Waals surface area contributed by atoms with Crippen LogP contribution in [-0.2, 0) is 19.6 Å². The van der Waals surface area contributed by atoms with Crippen molar-refractivity contribution in [2.24, 2.45) is 0 Å². The van der Waals surface area contributed by atoms with Gasteiger partial charge in [0.25, 0.3) is 10.0 Å². The van der Waals surface area contributed by atoms with Gasteiger partial charge in [0.1, 0.15) is 21.5 Å². The number of rotatable bonds is 9. The molecule has 3 aromatic rings. The number of fused-ring (bicyclic) bond motifs is 1. The molecule has 4 heterocycles. The van der Waals surface area contributed by atoms with Crippen molar-refractivity contribution in [1.82, 2.24) is 14.2 Å². The topological polar surface area (TPSA) is 92.3 Å². The number of carbonyl (C=O) groups excluding carboxylic acids is 1. The van der Waals surface area contributed by atoms with Gasteiger partial charge in [-0.15, -0.1) is 11.3 Å². The number of halogens is 2. The maximum atomic E-state index is 14.1. The first-order valence-corrected chi connectivity index (χ1v) is 16.1. The summed E-state index contributed by atoms with van der Waals surface area (Å²) >= 11 is 14.8. The molecule has 0 bridgehead atoms. The van der Waals surface area contributed by atoms with Crippen molar-refractivity contribution in [1.29, 1.82) is 0 Å². The third-order valence-electron chi connectivity index (χ3n) is 6.72. The summed E-state index contributed by atoms with van der Waals surface area (Å²) in [7, 11) is -2.31. The van der Waals surface area contributed by atoms with Crippen LogP contribution in [0.3, 0.4) is 0 Å². The fraction of sp³-hybridized carbons (Fsp3) is 0.500. The van der Waals surface area contributed by atoms with E-state index in [0.29, 0.717) is 64.8 Å². The van der Waals surface area contributed by atoms with Crippen molar-refractivity contribution in [3.63, 3.8) is 0 Å². The fourth-order valence-corrected chi connectivity index (χ4v) is 9.36. The normalized spacial score (nSPS) is 19.3. The number of carbonyl (C=O) groups is 1. The third kappa shape index (κ3) is 5.68. The molecule has 0 aliphatic carbocycles. The molecule has 5 rings (SSSR count). The molecule has 2 aromatic heterocycles. The second-order valence-electron chi connectivity index (χ2n) is 9.05. The van der Waals surface area contributed by atoms with Gasteiger partial charge < -0.3 is 9.47 Å². The average molecular weight is 620 g/mol. The number of methoxy groups -OCH3 is 1. The van der Waals surface area contributed by atoms with Gasteiger partial charge in [0.15, 0.2) is 5.13 Å². The minimum atomic E-state index is -3.87. The summed E-state index contributed by atoms with van der Waals surface area (Å²) in [5, 5.41) is 0.992. The molecule has 38 heavy (non-hydrogen) atoms. The van der Waals surface area contributed by atoms with Gasteiger partial charge in [0.2, 0.25) is 5.91 Å². The standard InChI is InChI=1S/C24H28Cl2N4O5S3/c1-34-18-6-5-16(25)22-21(18)27-24(37-22)29(10-3-9-28-12-14-35-15-13-28)23(31)17-4-2-11-30(17)38(32,33)20-8-7-19(26)36-20/h5-8,17H,2-4,9-15H2,1H3. The highest BCUT2D eigenvalue weighted by atomic mass is 35.5. The van der Waals surface area contributed by atoms with Crippen molar-refractivity contribution in [3.8, 4) is 5.75 Å². The quantitative estimate of drug-likeness (QED) is 0.346. The SMILES string of the molecule is COc1ccc(Cl)c2sc(N(CCCN3CCOCC3)C(=O)C3CCCN3S(=O)(=O)c3ccc(Cl)s3)nc12. The Bertz CT molecular complexity index is 1410. The van der Waals surface area contributed by atoms with E-state index >= 15 is 0 Å². The van der Waals surface area contributed by atoms with Gasteiger partial charge in [-0.05, 0) is 43.5 Å². The second-order valence-corrected chi connectivity index (χ2v) is 14.3. The summed E-state index contributed by atoms with van der Waals surface area (Å²) in [4.78, 5) is 22.8. The van der Waals surface area contributed by atoms with E-state index < -0.39 is 16.1 Å². The minimum Gasteiger partial charge on any atom is -0.494 e. The van der Waals surface area contributed by atoms with Crippen LogP contribution in [0.2, 0.25) is 9.36 Å². The molecule has 2 saturated heterocycles. The van der Waals surface area contributed by atoms with Crippen LogP contribution in [0.15, 0.2) is 28.5 Å². The van der Waals surface area contributed by atoms with Crippen LogP contribution in [0.4, 0.5) is 5.13 Å². The molecule has 1 aromatic carbocycles. The number of nitrogens with zero attached hydrogens (tertiary/aromatic N) is 4. The first kappa shape index (κ1) is 28.0. The molecule has 2 aliphatic heterocycles. The Morgan fingerprint density at radius 2 is 1.97 bits per heavy atom. The van der Waals surface area contributed by atoms with Crippen molar-refractivity contribution in [2.75, 3.05) is 57.9 Å².